The summed E-state index contributed by atoms with van der Waals surface area (Å²) in [6, 6.07) is 8.01. The lowest BCUT2D eigenvalue weighted by atomic mass is 10.0. The quantitative estimate of drug-likeness (QED) is 0.944. The van der Waals surface area contributed by atoms with Crippen molar-refractivity contribution >= 4 is 21.7 Å². The number of hydrogen-bond acceptors (Lipinski definition) is 3. The highest BCUT2D eigenvalue weighted by Crippen LogP contribution is 2.34. The van der Waals surface area contributed by atoms with E-state index in [4.69, 9.17) is 10.5 Å². The van der Waals surface area contributed by atoms with E-state index in [9.17, 15) is 0 Å². The molecule has 0 spiro atoms. The van der Waals surface area contributed by atoms with E-state index in [-0.39, 0.29) is 0 Å². The van der Waals surface area contributed by atoms with Crippen LogP contribution in [0, 0.1) is 0 Å². The summed E-state index contributed by atoms with van der Waals surface area (Å²) in [6.07, 6.45) is 0.748. The van der Waals surface area contributed by atoms with Gasteiger partial charge in [-0.1, -0.05) is 34.1 Å². The molecule has 0 aliphatic rings. The van der Waals surface area contributed by atoms with Crippen molar-refractivity contribution in [3.05, 3.63) is 34.4 Å². The number of ether oxygens (including phenoxy) is 1. The fourth-order valence-corrected chi connectivity index (χ4v) is 2.41. The van der Waals surface area contributed by atoms with Crippen LogP contribution < -0.4 is 5.73 Å². The van der Waals surface area contributed by atoms with Crippen molar-refractivity contribution < 1.29 is 4.74 Å². The van der Waals surface area contributed by atoms with Crippen LogP contribution in [0.5, 0.6) is 0 Å². The number of halogens is 1. The molecule has 1 heterocycles. The second-order valence-corrected chi connectivity index (χ2v) is 4.91. The Bertz CT molecular complexity index is 551. The minimum atomic E-state index is 0.633. The highest BCUT2D eigenvalue weighted by Gasteiger charge is 2.17. The van der Waals surface area contributed by atoms with Gasteiger partial charge in [0.25, 0.3) is 0 Å². The Morgan fingerprint density at radius 1 is 1.39 bits per heavy atom. The molecule has 5 heteroatoms. The van der Waals surface area contributed by atoms with E-state index in [0.717, 1.165) is 27.7 Å². The number of rotatable bonds is 4. The van der Waals surface area contributed by atoms with Crippen molar-refractivity contribution in [1.29, 1.82) is 0 Å². The molecule has 2 rings (SSSR count). The molecule has 0 aliphatic heterocycles. The lowest BCUT2D eigenvalue weighted by Gasteiger charge is -2.06. The van der Waals surface area contributed by atoms with E-state index in [1.165, 1.54) is 0 Å². The maximum absolute atomic E-state index is 6.11. The third-order valence-electron chi connectivity index (χ3n) is 2.85. The number of aromatic nitrogens is 2. The fourth-order valence-electron chi connectivity index (χ4n) is 1.93. The second kappa shape index (κ2) is 5.54. The zero-order valence-electron chi connectivity index (χ0n) is 10.5. The molecule has 0 unspecified atom stereocenters. The molecule has 1 aromatic carbocycles. The summed E-state index contributed by atoms with van der Waals surface area (Å²) in [5.74, 6) is 0.674. The van der Waals surface area contributed by atoms with Gasteiger partial charge in [0.1, 0.15) is 5.82 Å². The van der Waals surface area contributed by atoms with Gasteiger partial charge in [0.05, 0.1) is 12.3 Å². The molecule has 2 N–H and O–H groups in total. The van der Waals surface area contributed by atoms with E-state index in [0.29, 0.717) is 12.4 Å². The Labute approximate surface area is 115 Å². The number of hydrogen-bond donors (Lipinski definition) is 1. The van der Waals surface area contributed by atoms with Gasteiger partial charge in [0, 0.05) is 36.2 Å². The van der Waals surface area contributed by atoms with E-state index in [2.05, 4.69) is 21.0 Å². The number of nitrogen functional groups attached to an aromatic ring is 1. The van der Waals surface area contributed by atoms with Crippen LogP contribution in [0.4, 0.5) is 5.82 Å². The van der Waals surface area contributed by atoms with Gasteiger partial charge >= 0.3 is 0 Å². The van der Waals surface area contributed by atoms with Crippen LogP contribution in [0.1, 0.15) is 5.69 Å². The largest absolute Gasteiger partial charge is 0.384 e. The first-order valence-electron chi connectivity index (χ1n) is 5.70. The van der Waals surface area contributed by atoms with Gasteiger partial charge in [0.2, 0.25) is 0 Å². The van der Waals surface area contributed by atoms with E-state index >= 15 is 0 Å². The topological polar surface area (TPSA) is 53.1 Å². The standard InChI is InChI=1S/C13H16BrN3O/c1-17-13(15)12(11(16-17)7-8-18-2)9-5-3-4-6-10(9)14/h3-6H,7-8,15H2,1-2H3. The van der Waals surface area contributed by atoms with Gasteiger partial charge < -0.3 is 10.5 Å². The van der Waals surface area contributed by atoms with Gasteiger partial charge in [-0.15, -0.1) is 0 Å². The van der Waals surface area contributed by atoms with Crippen LogP contribution in [-0.4, -0.2) is 23.5 Å². The third-order valence-corrected chi connectivity index (χ3v) is 3.54. The summed E-state index contributed by atoms with van der Waals surface area (Å²) in [5.41, 5.74) is 9.13. The van der Waals surface area contributed by atoms with Crippen molar-refractivity contribution in [1.82, 2.24) is 9.78 Å². The highest BCUT2D eigenvalue weighted by molar-refractivity contribution is 9.10. The molecule has 4 nitrogen and oxygen atoms in total. The highest BCUT2D eigenvalue weighted by atomic mass is 79.9. The SMILES string of the molecule is COCCc1nn(C)c(N)c1-c1ccccc1Br. The Hall–Kier alpha value is -1.33. The molecular weight excluding hydrogens is 294 g/mol. The van der Waals surface area contributed by atoms with Gasteiger partial charge in [-0.3, -0.25) is 4.68 Å². The summed E-state index contributed by atoms with van der Waals surface area (Å²) in [7, 11) is 3.54. The number of anilines is 1. The lowest BCUT2D eigenvalue weighted by molar-refractivity contribution is 0.201. The van der Waals surface area contributed by atoms with E-state index in [1.54, 1.807) is 11.8 Å². The third kappa shape index (κ3) is 2.42. The van der Waals surface area contributed by atoms with Gasteiger partial charge in [-0.05, 0) is 6.07 Å². The summed E-state index contributed by atoms with van der Waals surface area (Å²) in [4.78, 5) is 0. The molecule has 0 amide bonds. The average Bonchev–Trinajstić information content (AvgIpc) is 2.64. The molecule has 0 bridgehead atoms. The number of nitrogens with zero attached hydrogens (tertiary/aromatic N) is 2. The minimum Gasteiger partial charge on any atom is -0.384 e. The average molecular weight is 310 g/mol. The first-order valence-corrected chi connectivity index (χ1v) is 6.49. The molecule has 0 saturated carbocycles. The Morgan fingerprint density at radius 2 is 2.11 bits per heavy atom. The molecule has 0 saturated heterocycles. The monoisotopic (exact) mass is 309 g/mol. The number of aryl methyl sites for hydroxylation is 1. The first-order chi connectivity index (χ1) is 8.65. The zero-order chi connectivity index (χ0) is 13.1. The van der Waals surface area contributed by atoms with Crippen molar-refractivity contribution in [2.45, 2.75) is 6.42 Å². The van der Waals surface area contributed by atoms with Crippen LogP contribution in [-0.2, 0) is 18.2 Å². The maximum atomic E-state index is 6.11. The number of benzene rings is 1. The van der Waals surface area contributed by atoms with Crippen molar-refractivity contribution in [3.8, 4) is 11.1 Å². The van der Waals surface area contributed by atoms with E-state index in [1.807, 2.05) is 31.3 Å². The molecule has 2 aromatic rings. The fraction of sp³-hybridized carbons (Fsp3) is 0.308. The lowest BCUT2D eigenvalue weighted by Crippen LogP contribution is -1.98. The van der Waals surface area contributed by atoms with Crippen LogP contribution in [0.25, 0.3) is 11.1 Å². The molecule has 18 heavy (non-hydrogen) atoms. The Morgan fingerprint density at radius 3 is 2.78 bits per heavy atom. The molecule has 0 atom stereocenters. The molecular formula is C13H16BrN3O. The van der Waals surface area contributed by atoms with E-state index < -0.39 is 0 Å². The number of nitrogens with two attached hydrogens (primary N) is 1. The maximum Gasteiger partial charge on any atom is 0.129 e. The van der Waals surface area contributed by atoms with Crippen molar-refractivity contribution in [2.24, 2.45) is 7.05 Å². The Kier molecular flexibility index (Phi) is 4.04. The molecule has 0 fully saturated rings. The first kappa shape index (κ1) is 13.1. The van der Waals surface area contributed by atoms with Crippen molar-refractivity contribution in [2.75, 3.05) is 19.5 Å². The van der Waals surface area contributed by atoms with Crippen LogP contribution in [0.15, 0.2) is 28.7 Å². The summed E-state index contributed by atoms with van der Waals surface area (Å²) < 4.78 is 7.84. The molecule has 1 aromatic heterocycles. The minimum absolute atomic E-state index is 0.633. The zero-order valence-corrected chi connectivity index (χ0v) is 12.1. The summed E-state index contributed by atoms with van der Waals surface area (Å²) in [5, 5.41) is 4.46. The van der Waals surface area contributed by atoms with Gasteiger partial charge in [0.15, 0.2) is 0 Å². The smallest absolute Gasteiger partial charge is 0.129 e. The molecule has 96 valence electrons. The molecule has 0 aliphatic carbocycles. The second-order valence-electron chi connectivity index (χ2n) is 4.05. The van der Waals surface area contributed by atoms with Gasteiger partial charge in [-0.25, -0.2) is 0 Å². The normalized spacial score (nSPS) is 10.8. The predicted molar refractivity (Wildman–Crippen MR) is 76.3 cm³/mol. The van der Waals surface area contributed by atoms with Crippen LogP contribution >= 0.6 is 15.9 Å². The van der Waals surface area contributed by atoms with Crippen LogP contribution in [0.3, 0.4) is 0 Å². The Balaban J connectivity index is 2.52. The van der Waals surface area contributed by atoms with Crippen LogP contribution in [0.2, 0.25) is 0 Å². The molecule has 0 radical (unpaired) electrons. The van der Waals surface area contributed by atoms with Gasteiger partial charge in [-0.2, -0.15) is 5.10 Å². The van der Waals surface area contributed by atoms with Crippen molar-refractivity contribution in [3.63, 3.8) is 0 Å². The summed E-state index contributed by atoms with van der Waals surface area (Å²) in [6.45, 7) is 0.633. The number of methoxy groups -OCH3 is 1. The summed E-state index contributed by atoms with van der Waals surface area (Å²) >= 11 is 3.55. The predicted octanol–water partition coefficient (Wildman–Crippen LogP) is 2.62.